The first-order chi connectivity index (χ1) is 7.38. The highest BCUT2D eigenvalue weighted by Crippen LogP contribution is 2.46. The van der Waals surface area contributed by atoms with E-state index in [2.05, 4.69) is 52.8 Å². The molecule has 2 rings (SSSR count). The number of nitrogens with zero attached hydrogens (tertiary/aromatic N) is 1. The number of alkyl halides is 3. The van der Waals surface area contributed by atoms with Gasteiger partial charge in [-0.1, -0.05) is 47.8 Å². The van der Waals surface area contributed by atoms with Gasteiger partial charge in [0, 0.05) is 5.56 Å². The van der Waals surface area contributed by atoms with Crippen molar-refractivity contribution in [2.75, 3.05) is 0 Å². The molecule has 0 spiro atoms. The fourth-order valence-corrected chi connectivity index (χ4v) is 3.08. The Bertz CT molecular complexity index is 559. The van der Waals surface area contributed by atoms with Crippen LogP contribution >= 0.6 is 59.1 Å². The number of halogens is 3. The number of ketones is 1. The Labute approximate surface area is 122 Å². The number of carbonyl (C=O) groups excluding carboxylic acids is 1. The SMILES string of the molecule is CC(=O)c1ccc2sc(C(Br)(Br)Br)nc2c1. The molecular formula is C10H6Br3NOS. The second-order valence-corrected chi connectivity index (χ2v) is 11.0. The van der Waals surface area contributed by atoms with Gasteiger partial charge in [0.15, 0.2) is 7.93 Å². The van der Waals surface area contributed by atoms with Crippen LogP contribution in [0.3, 0.4) is 0 Å². The van der Waals surface area contributed by atoms with Crippen molar-refractivity contribution in [3.8, 4) is 0 Å². The third kappa shape index (κ3) is 2.55. The van der Waals surface area contributed by atoms with Crippen LogP contribution < -0.4 is 0 Å². The lowest BCUT2D eigenvalue weighted by Gasteiger charge is -2.05. The summed E-state index contributed by atoms with van der Waals surface area (Å²) in [5.74, 6) is 0.0549. The Hall–Kier alpha value is 0.220. The van der Waals surface area contributed by atoms with Crippen molar-refractivity contribution in [3.05, 3.63) is 28.8 Å². The normalized spacial score (nSPS) is 12.0. The van der Waals surface area contributed by atoms with Crippen molar-refractivity contribution in [2.45, 2.75) is 9.07 Å². The van der Waals surface area contributed by atoms with Crippen LogP contribution in [0.5, 0.6) is 0 Å². The molecule has 0 bridgehead atoms. The van der Waals surface area contributed by atoms with Crippen LogP contribution in [-0.4, -0.2) is 10.8 Å². The molecule has 1 aromatic carbocycles. The van der Waals surface area contributed by atoms with Crippen molar-refractivity contribution in [2.24, 2.45) is 0 Å². The summed E-state index contributed by atoms with van der Waals surface area (Å²) in [6.07, 6.45) is 0. The molecule has 2 aromatic rings. The van der Waals surface area contributed by atoms with Crippen LogP contribution in [0.1, 0.15) is 22.3 Å². The minimum absolute atomic E-state index is 0.0549. The number of benzene rings is 1. The van der Waals surface area contributed by atoms with Gasteiger partial charge in [-0.2, -0.15) is 0 Å². The minimum atomic E-state index is -0.493. The molecule has 1 heterocycles. The number of hydrogen-bond acceptors (Lipinski definition) is 3. The van der Waals surface area contributed by atoms with Crippen molar-refractivity contribution < 1.29 is 4.79 Å². The van der Waals surface area contributed by atoms with Crippen molar-refractivity contribution in [1.82, 2.24) is 4.98 Å². The molecule has 0 aliphatic carbocycles. The summed E-state index contributed by atoms with van der Waals surface area (Å²) in [5.41, 5.74) is 1.53. The van der Waals surface area contributed by atoms with E-state index in [1.165, 1.54) is 0 Å². The smallest absolute Gasteiger partial charge is 0.186 e. The van der Waals surface area contributed by atoms with E-state index in [4.69, 9.17) is 0 Å². The number of fused-ring (bicyclic) bond motifs is 1. The fourth-order valence-electron chi connectivity index (χ4n) is 1.27. The first-order valence-electron chi connectivity index (χ1n) is 4.36. The van der Waals surface area contributed by atoms with Gasteiger partial charge in [-0.3, -0.25) is 4.79 Å². The maximum absolute atomic E-state index is 11.2. The maximum atomic E-state index is 11.2. The lowest BCUT2D eigenvalue weighted by atomic mass is 10.1. The van der Waals surface area contributed by atoms with Gasteiger partial charge in [0.1, 0.15) is 5.01 Å². The summed E-state index contributed by atoms with van der Waals surface area (Å²) in [5, 5.41) is 0.864. The van der Waals surface area contributed by atoms with Crippen LogP contribution in [0.4, 0.5) is 0 Å². The molecule has 6 heteroatoms. The van der Waals surface area contributed by atoms with E-state index in [0.717, 1.165) is 15.2 Å². The van der Waals surface area contributed by atoms with E-state index in [0.29, 0.717) is 5.56 Å². The monoisotopic (exact) mass is 425 g/mol. The largest absolute Gasteiger partial charge is 0.295 e. The van der Waals surface area contributed by atoms with Gasteiger partial charge >= 0.3 is 0 Å². The summed E-state index contributed by atoms with van der Waals surface area (Å²) in [6, 6.07) is 5.56. The van der Waals surface area contributed by atoms with Crippen LogP contribution in [0.15, 0.2) is 18.2 Å². The summed E-state index contributed by atoms with van der Waals surface area (Å²) in [4.78, 5) is 15.7. The highest BCUT2D eigenvalue weighted by Gasteiger charge is 2.25. The van der Waals surface area contributed by atoms with Crippen molar-refractivity contribution >= 4 is 75.1 Å². The number of Topliss-reactive ketones (excluding diaryl/α,β-unsaturated/α-hetero) is 1. The Morgan fingerprint density at radius 3 is 2.62 bits per heavy atom. The van der Waals surface area contributed by atoms with Gasteiger partial charge in [0.25, 0.3) is 0 Å². The Morgan fingerprint density at radius 2 is 2.06 bits per heavy atom. The van der Waals surface area contributed by atoms with Crippen LogP contribution in [0, 0.1) is 0 Å². The van der Waals surface area contributed by atoms with Gasteiger partial charge < -0.3 is 0 Å². The van der Waals surface area contributed by atoms with Gasteiger partial charge in [-0.05, 0) is 25.1 Å². The van der Waals surface area contributed by atoms with Crippen LogP contribution in [-0.2, 0) is 2.14 Å². The van der Waals surface area contributed by atoms with E-state index in [1.54, 1.807) is 18.3 Å². The molecule has 0 aliphatic rings. The molecule has 0 amide bonds. The van der Waals surface area contributed by atoms with Gasteiger partial charge in [0.2, 0.25) is 0 Å². The first-order valence-corrected chi connectivity index (χ1v) is 7.56. The number of rotatable bonds is 1. The molecule has 0 saturated carbocycles. The molecule has 0 N–H and O–H groups in total. The van der Waals surface area contributed by atoms with E-state index in [9.17, 15) is 4.79 Å². The zero-order valence-corrected chi connectivity index (χ0v) is 13.7. The Kier molecular flexibility index (Phi) is 3.55. The third-order valence-corrected chi connectivity index (χ3v) is 5.11. The Balaban J connectivity index is 2.59. The lowest BCUT2D eigenvalue weighted by Crippen LogP contribution is -1.95. The molecule has 0 unspecified atom stereocenters. The summed E-state index contributed by atoms with van der Waals surface area (Å²) in [7, 11) is 0. The molecule has 84 valence electrons. The molecule has 0 saturated heterocycles. The lowest BCUT2D eigenvalue weighted by molar-refractivity contribution is 0.101. The van der Waals surface area contributed by atoms with Gasteiger partial charge in [-0.15, -0.1) is 11.3 Å². The molecule has 2 nitrogen and oxygen atoms in total. The predicted octanol–water partition coefficient (Wildman–Crippen LogP) is 4.79. The average Bonchev–Trinajstić information content (AvgIpc) is 2.58. The van der Waals surface area contributed by atoms with Gasteiger partial charge in [0.05, 0.1) is 10.2 Å². The molecule has 0 radical (unpaired) electrons. The molecule has 0 fully saturated rings. The Morgan fingerprint density at radius 1 is 1.38 bits per heavy atom. The number of aromatic nitrogens is 1. The minimum Gasteiger partial charge on any atom is -0.295 e. The average molecular weight is 428 g/mol. The first kappa shape index (κ1) is 12.7. The number of carbonyl (C=O) groups is 1. The summed E-state index contributed by atoms with van der Waals surface area (Å²) < 4.78 is 0.565. The maximum Gasteiger partial charge on any atom is 0.186 e. The quantitative estimate of drug-likeness (QED) is 0.483. The highest BCUT2D eigenvalue weighted by atomic mass is 80.0. The van der Waals surface area contributed by atoms with Gasteiger partial charge in [-0.25, -0.2) is 4.98 Å². The standard InChI is InChI=1S/C10H6Br3NOS/c1-5(15)6-2-3-8-7(4-6)14-9(16-8)10(11,12)13/h2-4H,1H3. The predicted molar refractivity (Wildman–Crippen MR) is 78.1 cm³/mol. The van der Waals surface area contributed by atoms with Crippen LogP contribution in [0.2, 0.25) is 0 Å². The number of hydrogen-bond donors (Lipinski definition) is 0. The van der Waals surface area contributed by atoms with Crippen molar-refractivity contribution in [1.29, 1.82) is 0 Å². The molecular weight excluding hydrogens is 422 g/mol. The van der Waals surface area contributed by atoms with E-state index in [-0.39, 0.29) is 5.78 Å². The third-order valence-electron chi connectivity index (χ3n) is 2.04. The van der Waals surface area contributed by atoms with E-state index in [1.807, 2.05) is 18.2 Å². The molecule has 16 heavy (non-hydrogen) atoms. The van der Waals surface area contributed by atoms with Crippen LogP contribution in [0.25, 0.3) is 10.2 Å². The highest BCUT2D eigenvalue weighted by molar-refractivity contribution is 9.38. The molecule has 1 aromatic heterocycles. The van der Waals surface area contributed by atoms with E-state index < -0.39 is 2.14 Å². The zero-order chi connectivity index (χ0) is 11.9. The number of thiazole rings is 1. The van der Waals surface area contributed by atoms with E-state index >= 15 is 0 Å². The summed E-state index contributed by atoms with van der Waals surface area (Å²) >= 11 is 11.8. The fraction of sp³-hybridized carbons (Fsp3) is 0.200. The summed E-state index contributed by atoms with van der Waals surface area (Å²) in [6.45, 7) is 1.55. The molecule has 0 atom stereocenters. The zero-order valence-electron chi connectivity index (χ0n) is 8.13. The topological polar surface area (TPSA) is 30.0 Å². The molecule has 0 aliphatic heterocycles. The second kappa shape index (κ2) is 4.48. The van der Waals surface area contributed by atoms with Crippen molar-refractivity contribution in [3.63, 3.8) is 0 Å². The second-order valence-electron chi connectivity index (χ2n) is 3.26.